The summed E-state index contributed by atoms with van der Waals surface area (Å²) >= 11 is 0. The van der Waals surface area contributed by atoms with Crippen LogP contribution in [0.15, 0.2) is 44.8 Å². The van der Waals surface area contributed by atoms with Crippen LogP contribution in [0.1, 0.15) is 115 Å². The highest BCUT2D eigenvalue weighted by molar-refractivity contribution is 7.70. The van der Waals surface area contributed by atoms with E-state index in [1.54, 1.807) is 0 Å². The maximum absolute atomic E-state index is 7.42. The van der Waals surface area contributed by atoms with Crippen molar-refractivity contribution in [2.24, 2.45) is 0 Å². The van der Waals surface area contributed by atoms with Crippen LogP contribution in [0, 0.1) is 27.7 Å². The van der Waals surface area contributed by atoms with Crippen molar-refractivity contribution in [2.75, 3.05) is 0 Å². The summed E-state index contributed by atoms with van der Waals surface area (Å²) in [6.07, 6.45) is 1.35. The van der Waals surface area contributed by atoms with Gasteiger partial charge in [0.1, 0.15) is 11.2 Å². The zero-order valence-electron chi connectivity index (χ0n) is 30.8. The Bertz CT molecular complexity index is 1880. The van der Waals surface area contributed by atoms with Gasteiger partial charge in [-0.3, -0.25) is 0 Å². The number of fused-ring (bicyclic) bond motifs is 3. The first kappa shape index (κ1) is 33.4. The summed E-state index contributed by atoms with van der Waals surface area (Å²) in [4.78, 5) is 0. The molecule has 0 saturated carbocycles. The Kier molecular flexibility index (Phi) is 7.25. The highest BCUT2D eigenvalue weighted by atomic mass is 31.1. The normalized spacial score (nSPS) is 30.5. The minimum Gasteiger partial charge on any atom is -0.415 e. The van der Waals surface area contributed by atoms with Crippen molar-refractivity contribution in [2.45, 2.75) is 143 Å². The summed E-state index contributed by atoms with van der Waals surface area (Å²) in [7, 11) is -2.57. The van der Waals surface area contributed by atoms with Gasteiger partial charge in [-0.1, -0.05) is 71.9 Å². The number of aryl methyl sites for hydroxylation is 4. The van der Waals surface area contributed by atoms with Gasteiger partial charge in [-0.2, -0.15) is 0 Å². The lowest BCUT2D eigenvalue weighted by atomic mass is 9.81. The Morgan fingerprint density at radius 1 is 0.596 bits per heavy atom. The van der Waals surface area contributed by atoms with E-state index in [0.717, 1.165) is 16.5 Å². The van der Waals surface area contributed by atoms with E-state index in [9.17, 15) is 0 Å². The van der Waals surface area contributed by atoms with Crippen molar-refractivity contribution in [3.63, 3.8) is 0 Å². The first-order valence-corrected chi connectivity index (χ1v) is 19.6. The predicted molar refractivity (Wildman–Crippen MR) is 197 cm³/mol. The number of ether oxygens (including phenoxy) is 3. The van der Waals surface area contributed by atoms with Crippen LogP contribution in [-0.2, 0) is 25.0 Å². The molecule has 0 aliphatic carbocycles. The van der Waals surface area contributed by atoms with Crippen LogP contribution in [0.3, 0.4) is 0 Å². The third-order valence-corrected chi connectivity index (χ3v) is 15.6. The van der Waals surface area contributed by atoms with Crippen LogP contribution < -0.4 is 5.30 Å². The van der Waals surface area contributed by atoms with Gasteiger partial charge in [-0.25, -0.2) is 0 Å². The molecule has 0 N–H and O–H groups in total. The molecule has 1 aromatic heterocycles. The molecule has 0 amide bonds. The molecule has 0 radical (unpaired) electrons. The molecule has 4 aliphatic heterocycles. The molecule has 4 bridgehead atoms. The van der Waals surface area contributed by atoms with Crippen molar-refractivity contribution in [3.8, 4) is 5.30 Å². The van der Waals surface area contributed by atoms with Gasteiger partial charge < -0.3 is 22.6 Å². The van der Waals surface area contributed by atoms with Gasteiger partial charge in [0.05, 0.1) is 16.0 Å². The second-order valence-corrected chi connectivity index (χ2v) is 21.6. The third-order valence-electron chi connectivity index (χ3n) is 10.7. The molecule has 4 unspecified atom stereocenters. The zero-order chi connectivity index (χ0) is 34.3. The quantitative estimate of drug-likeness (QED) is 0.198. The predicted octanol–water partition coefficient (Wildman–Crippen LogP) is 12.0. The monoisotopic (exact) mass is 674 g/mol. The van der Waals surface area contributed by atoms with E-state index in [2.05, 4.69) is 133 Å². The fraction of sp³-hybridized carbons (Fsp3) is 0.550. The van der Waals surface area contributed by atoms with Gasteiger partial charge in [0.15, 0.2) is 11.6 Å². The van der Waals surface area contributed by atoms with Gasteiger partial charge in [0.25, 0.3) is 8.01 Å². The molecule has 3 aromatic carbocycles. The lowest BCUT2D eigenvalue weighted by molar-refractivity contribution is -0.467. The number of rotatable bonds is 2. The summed E-state index contributed by atoms with van der Waals surface area (Å²) in [5, 5.41) is 3.82. The molecule has 4 saturated heterocycles. The Hall–Kier alpha value is -2.13. The van der Waals surface area contributed by atoms with Gasteiger partial charge in [-0.05, 0) is 108 Å². The van der Waals surface area contributed by atoms with Crippen LogP contribution >= 0.6 is 15.9 Å². The molecule has 4 aromatic rings. The lowest BCUT2D eigenvalue weighted by Gasteiger charge is -2.69. The van der Waals surface area contributed by atoms with Gasteiger partial charge in [0, 0.05) is 34.7 Å². The molecule has 47 heavy (non-hydrogen) atoms. The van der Waals surface area contributed by atoms with Crippen LogP contribution in [0.2, 0.25) is 0 Å². The summed E-state index contributed by atoms with van der Waals surface area (Å²) in [6.45, 7) is 31.3. The molecule has 4 fully saturated rings. The third kappa shape index (κ3) is 5.09. The molecule has 7 heteroatoms. The number of benzene rings is 3. The van der Waals surface area contributed by atoms with E-state index >= 15 is 0 Å². The summed E-state index contributed by atoms with van der Waals surface area (Å²) < 4.78 is 35.1. The van der Waals surface area contributed by atoms with E-state index in [4.69, 9.17) is 22.6 Å². The molecule has 252 valence electrons. The van der Waals surface area contributed by atoms with Gasteiger partial charge >= 0.3 is 0 Å². The fourth-order valence-electron chi connectivity index (χ4n) is 8.88. The van der Waals surface area contributed by atoms with E-state index in [1.165, 1.54) is 49.5 Å². The topological polar surface area (TPSA) is 54.0 Å². The fourth-order valence-corrected chi connectivity index (χ4v) is 14.9. The van der Waals surface area contributed by atoms with Crippen LogP contribution in [0.5, 0.6) is 0 Å². The van der Waals surface area contributed by atoms with Crippen molar-refractivity contribution in [1.29, 1.82) is 0 Å². The highest BCUT2D eigenvalue weighted by Gasteiger charge is 2.71. The second kappa shape index (κ2) is 10.2. The van der Waals surface area contributed by atoms with Crippen molar-refractivity contribution in [1.82, 2.24) is 0 Å². The van der Waals surface area contributed by atoms with Crippen molar-refractivity contribution < 1.29 is 22.6 Å². The Balaban J connectivity index is 1.63. The maximum atomic E-state index is 7.42. The molecular formula is C40H52O5P2. The number of hydrogen-bond donors (Lipinski definition) is 0. The molecule has 5 heterocycles. The van der Waals surface area contributed by atoms with Crippen molar-refractivity contribution in [3.05, 3.63) is 69.8 Å². The van der Waals surface area contributed by atoms with Gasteiger partial charge in [0.2, 0.25) is 0 Å². The summed E-state index contributed by atoms with van der Waals surface area (Å²) in [5.41, 5.74) is 9.05. The summed E-state index contributed by atoms with van der Waals surface area (Å²) in [5.74, 6) is -1.34. The van der Waals surface area contributed by atoms with E-state index < -0.39 is 38.2 Å². The summed E-state index contributed by atoms with van der Waals surface area (Å²) in [6, 6.07) is 13.4. The zero-order valence-corrected chi connectivity index (χ0v) is 32.6. The smallest absolute Gasteiger partial charge is 0.253 e. The lowest BCUT2D eigenvalue weighted by Crippen LogP contribution is -2.72. The highest BCUT2D eigenvalue weighted by Crippen LogP contribution is 2.76. The van der Waals surface area contributed by atoms with Crippen LogP contribution in [0.25, 0.3) is 27.2 Å². The molecule has 4 atom stereocenters. The molecule has 0 spiro atoms. The largest absolute Gasteiger partial charge is 0.415 e. The standard InChI is InChI=1S/C40H52O5P2/c1-23-19-27(35(5,6)7)33-31(25(23)3)32-26(4)24(2)20-28(36(8,9)10)34(32)42-47(41-33)30-18-16-15-17-29(30)46-39(13)21-37(11)43-38(12,45-39)22-40(46,14)44-37/h15-20H,21-22H2,1-14H3. The average Bonchev–Trinajstić information content (AvgIpc) is 3.07. The maximum Gasteiger partial charge on any atom is 0.253 e. The Morgan fingerprint density at radius 2 is 1.00 bits per heavy atom. The molecule has 8 rings (SSSR count). The Labute approximate surface area is 283 Å². The number of hydrogen-bond acceptors (Lipinski definition) is 5. The minimum atomic E-state index is -1.60. The van der Waals surface area contributed by atoms with Crippen LogP contribution in [0.4, 0.5) is 0 Å². The van der Waals surface area contributed by atoms with E-state index in [-0.39, 0.29) is 10.8 Å². The van der Waals surface area contributed by atoms with Gasteiger partial charge in [-0.15, -0.1) is 0 Å². The first-order valence-electron chi connectivity index (χ1n) is 17.0. The molecule has 4 aliphatic rings. The average molecular weight is 675 g/mol. The first-order chi connectivity index (χ1) is 21.6. The van der Waals surface area contributed by atoms with Crippen LogP contribution in [-0.4, -0.2) is 22.3 Å². The second-order valence-electron chi connectivity index (χ2n) is 17.2. The van der Waals surface area contributed by atoms with Crippen molar-refractivity contribution >= 4 is 43.2 Å². The Morgan fingerprint density at radius 3 is 1.40 bits per heavy atom. The van der Waals surface area contributed by atoms with E-state index in [0.29, 0.717) is 12.8 Å². The minimum absolute atomic E-state index is 0.142. The van der Waals surface area contributed by atoms with E-state index in [1.807, 2.05) is 0 Å². The molecule has 5 nitrogen and oxygen atoms in total. The molecular weight excluding hydrogens is 622 g/mol. The SMILES string of the molecule is Cc1cc(C(C)(C)C)c2op(-c3ccccc3P3C4(C)CC5(C)OC(C)(CC3(C)O5)O4)oc3c(C(C)(C)C)cc(C)c(C)c3c2c1C.